The highest BCUT2D eigenvalue weighted by atomic mass is 35.5. The van der Waals surface area contributed by atoms with Gasteiger partial charge in [-0.3, -0.25) is 4.98 Å². The third-order valence-corrected chi connectivity index (χ3v) is 3.81. The van der Waals surface area contributed by atoms with Crippen LogP contribution in [0.15, 0.2) is 41.6 Å². The molecule has 3 nitrogen and oxygen atoms in total. The molecule has 2 rings (SSSR count). The minimum Gasteiger partial charge on any atom is -0.435 e. The smallest absolute Gasteiger partial charge is 0.387 e. The summed E-state index contributed by atoms with van der Waals surface area (Å²) in [6, 6.07) is 6.30. The Morgan fingerprint density at radius 1 is 1.35 bits per heavy atom. The van der Waals surface area contributed by atoms with E-state index in [2.05, 4.69) is 9.72 Å². The van der Waals surface area contributed by atoms with Gasteiger partial charge in [0, 0.05) is 27.4 Å². The summed E-state index contributed by atoms with van der Waals surface area (Å²) in [5, 5.41) is 0.463. The van der Waals surface area contributed by atoms with Crippen LogP contribution in [0.25, 0.3) is 0 Å². The summed E-state index contributed by atoms with van der Waals surface area (Å²) in [5.74, 6) is 0.529. The van der Waals surface area contributed by atoms with Crippen LogP contribution >= 0.6 is 23.4 Å². The lowest BCUT2D eigenvalue weighted by atomic mass is 10.2. The molecule has 0 amide bonds. The van der Waals surface area contributed by atoms with Crippen molar-refractivity contribution in [3.8, 4) is 5.75 Å². The van der Waals surface area contributed by atoms with Crippen LogP contribution in [0.4, 0.5) is 14.5 Å². The van der Waals surface area contributed by atoms with Crippen LogP contribution in [0.2, 0.25) is 5.02 Å². The largest absolute Gasteiger partial charge is 0.435 e. The van der Waals surface area contributed by atoms with E-state index < -0.39 is 6.61 Å². The number of pyridine rings is 1. The average molecular weight is 317 g/mol. The van der Waals surface area contributed by atoms with Crippen LogP contribution in [0.3, 0.4) is 0 Å². The van der Waals surface area contributed by atoms with Gasteiger partial charge in [-0.1, -0.05) is 11.6 Å². The minimum absolute atomic E-state index is 0.115. The van der Waals surface area contributed by atoms with E-state index in [-0.39, 0.29) is 5.75 Å². The summed E-state index contributed by atoms with van der Waals surface area (Å²) >= 11 is 7.28. The standard InChI is InChI=1S/C13H11ClF2N2OS/c14-9-1-2-11(19-13(15)16)8(5-9)7-20-12-3-4-18-6-10(12)17/h1-6,13H,7,17H2. The highest BCUT2D eigenvalue weighted by Crippen LogP contribution is 2.32. The Hall–Kier alpha value is -1.53. The molecule has 1 aromatic carbocycles. The van der Waals surface area contributed by atoms with Crippen molar-refractivity contribution in [3.63, 3.8) is 0 Å². The molecule has 0 saturated heterocycles. The summed E-state index contributed by atoms with van der Waals surface area (Å²) in [5.41, 5.74) is 6.89. The zero-order chi connectivity index (χ0) is 14.5. The Kier molecular flexibility index (Phi) is 5.03. The van der Waals surface area contributed by atoms with E-state index in [1.165, 1.54) is 30.1 Å². The average Bonchev–Trinajstić information content (AvgIpc) is 2.40. The van der Waals surface area contributed by atoms with Gasteiger partial charge >= 0.3 is 6.61 Å². The van der Waals surface area contributed by atoms with Crippen molar-refractivity contribution in [2.24, 2.45) is 0 Å². The molecule has 20 heavy (non-hydrogen) atoms. The van der Waals surface area contributed by atoms with E-state index in [4.69, 9.17) is 17.3 Å². The van der Waals surface area contributed by atoms with Crippen molar-refractivity contribution >= 4 is 29.1 Å². The Balaban J connectivity index is 2.16. The summed E-state index contributed by atoms with van der Waals surface area (Å²) in [4.78, 5) is 4.71. The van der Waals surface area contributed by atoms with E-state index in [0.29, 0.717) is 22.0 Å². The van der Waals surface area contributed by atoms with E-state index in [0.717, 1.165) is 4.90 Å². The molecule has 0 saturated carbocycles. The number of alkyl halides is 2. The lowest BCUT2D eigenvalue weighted by molar-refractivity contribution is -0.0503. The topological polar surface area (TPSA) is 48.1 Å². The quantitative estimate of drug-likeness (QED) is 0.839. The number of nitrogen functional groups attached to an aromatic ring is 1. The first-order valence-electron chi connectivity index (χ1n) is 5.62. The van der Waals surface area contributed by atoms with Gasteiger partial charge in [-0.2, -0.15) is 8.78 Å². The Labute approximate surface area is 124 Å². The maximum atomic E-state index is 12.3. The molecule has 1 heterocycles. The van der Waals surface area contributed by atoms with Crippen LogP contribution < -0.4 is 10.5 Å². The molecule has 0 fully saturated rings. The lowest BCUT2D eigenvalue weighted by Crippen LogP contribution is -2.04. The van der Waals surface area contributed by atoms with Gasteiger partial charge in [0.2, 0.25) is 0 Å². The fourth-order valence-electron chi connectivity index (χ4n) is 1.55. The number of benzene rings is 1. The molecular weight excluding hydrogens is 306 g/mol. The van der Waals surface area contributed by atoms with Crippen LogP contribution in [0, 0.1) is 0 Å². The van der Waals surface area contributed by atoms with E-state index in [1.54, 1.807) is 18.3 Å². The molecule has 1 aromatic heterocycles. The van der Waals surface area contributed by atoms with Crippen molar-refractivity contribution in [3.05, 3.63) is 47.2 Å². The van der Waals surface area contributed by atoms with Gasteiger partial charge in [0.25, 0.3) is 0 Å². The SMILES string of the molecule is Nc1cnccc1SCc1cc(Cl)ccc1OC(F)F. The second-order valence-corrected chi connectivity index (χ2v) is 5.29. The van der Waals surface area contributed by atoms with Gasteiger partial charge < -0.3 is 10.5 Å². The summed E-state index contributed by atoms with van der Waals surface area (Å²) in [6.07, 6.45) is 3.16. The monoisotopic (exact) mass is 316 g/mol. The summed E-state index contributed by atoms with van der Waals surface area (Å²) in [6.45, 7) is -2.87. The van der Waals surface area contributed by atoms with Crippen molar-refractivity contribution in [2.75, 3.05) is 5.73 Å². The number of anilines is 1. The maximum absolute atomic E-state index is 12.3. The molecule has 7 heteroatoms. The highest BCUT2D eigenvalue weighted by Gasteiger charge is 2.11. The predicted molar refractivity (Wildman–Crippen MR) is 76.3 cm³/mol. The number of thioether (sulfide) groups is 1. The molecule has 0 spiro atoms. The third kappa shape index (κ3) is 3.98. The number of hydrogen-bond donors (Lipinski definition) is 1. The molecule has 0 aliphatic rings. The van der Waals surface area contributed by atoms with Gasteiger partial charge in [-0.05, 0) is 24.3 Å². The van der Waals surface area contributed by atoms with Crippen LogP contribution in [-0.4, -0.2) is 11.6 Å². The molecule has 0 bridgehead atoms. The van der Waals surface area contributed by atoms with Crippen molar-refractivity contribution in [1.82, 2.24) is 4.98 Å². The van der Waals surface area contributed by atoms with Gasteiger partial charge in [0.1, 0.15) is 5.75 Å². The molecule has 2 aromatic rings. The number of nitrogens with two attached hydrogens (primary N) is 1. The fraction of sp³-hybridized carbons (Fsp3) is 0.154. The number of halogens is 3. The Bertz CT molecular complexity index is 598. The Morgan fingerprint density at radius 2 is 2.15 bits per heavy atom. The van der Waals surface area contributed by atoms with Crippen LogP contribution in [0.1, 0.15) is 5.56 Å². The molecule has 0 atom stereocenters. The van der Waals surface area contributed by atoms with Crippen LogP contribution in [0.5, 0.6) is 5.75 Å². The first-order chi connectivity index (χ1) is 9.56. The first-order valence-corrected chi connectivity index (χ1v) is 6.98. The maximum Gasteiger partial charge on any atom is 0.387 e. The predicted octanol–water partition coefficient (Wildman–Crippen LogP) is 4.21. The van der Waals surface area contributed by atoms with Crippen LogP contribution in [-0.2, 0) is 5.75 Å². The van der Waals surface area contributed by atoms with Gasteiger partial charge in [-0.25, -0.2) is 0 Å². The van der Waals surface area contributed by atoms with Crippen molar-refractivity contribution in [2.45, 2.75) is 17.3 Å². The highest BCUT2D eigenvalue weighted by molar-refractivity contribution is 7.98. The second kappa shape index (κ2) is 6.76. The summed E-state index contributed by atoms with van der Waals surface area (Å²) < 4.78 is 29.1. The number of hydrogen-bond acceptors (Lipinski definition) is 4. The van der Waals surface area contributed by atoms with Gasteiger partial charge in [0.05, 0.1) is 11.9 Å². The van der Waals surface area contributed by atoms with E-state index >= 15 is 0 Å². The minimum atomic E-state index is -2.87. The Morgan fingerprint density at radius 3 is 2.85 bits per heavy atom. The molecule has 2 N–H and O–H groups in total. The fourth-order valence-corrected chi connectivity index (χ4v) is 2.66. The molecule has 0 unspecified atom stereocenters. The molecule has 0 aliphatic carbocycles. The van der Waals surface area contributed by atoms with E-state index in [9.17, 15) is 8.78 Å². The zero-order valence-corrected chi connectivity index (χ0v) is 11.8. The lowest BCUT2D eigenvalue weighted by Gasteiger charge is -2.11. The number of aromatic nitrogens is 1. The number of nitrogens with zero attached hydrogens (tertiary/aromatic N) is 1. The molecule has 0 radical (unpaired) electrons. The molecule has 106 valence electrons. The molecule has 0 aliphatic heterocycles. The second-order valence-electron chi connectivity index (χ2n) is 3.83. The van der Waals surface area contributed by atoms with Gasteiger partial charge in [-0.15, -0.1) is 11.8 Å². The number of ether oxygens (including phenoxy) is 1. The zero-order valence-electron chi connectivity index (χ0n) is 10.2. The van der Waals surface area contributed by atoms with Crippen molar-refractivity contribution < 1.29 is 13.5 Å². The first kappa shape index (κ1) is 14.9. The van der Waals surface area contributed by atoms with Crippen molar-refractivity contribution in [1.29, 1.82) is 0 Å². The number of rotatable bonds is 5. The van der Waals surface area contributed by atoms with Gasteiger partial charge in [0.15, 0.2) is 0 Å². The molecular formula is C13H11ClF2N2OS. The van der Waals surface area contributed by atoms with E-state index in [1.807, 2.05) is 0 Å². The normalized spacial score (nSPS) is 10.8. The summed E-state index contributed by atoms with van der Waals surface area (Å²) in [7, 11) is 0. The third-order valence-electron chi connectivity index (χ3n) is 2.43.